The van der Waals surface area contributed by atoms with Crippen molar-refractivity contribution in [1.82, 2.24) is 9.80 Å². The van der Waals surface area contributed by atoms with Gasteiger partial charge in [-0.05, 0) is 106 Å². The molecule has 2 aromatic rings. The summed E-state index contributed by atoms with van der Waals surface area (Å²) in [6, 6.07) is 7.89. The minimum Gasteiger partial charge on any atom is -0.335 e. The minimum atomic E-state index is -0.0187. The monoisotopic (exact) mass is 392 g/mol. The zero-order valence-corrected chi connectivity index (χ0v) is 18.7. The molecule has 0 aliphatic carbocycles. The van der Waals surface area contributed by atoms with Gasteiger partial charge in [0.05, 0.1) is 0 Å². The fourth-order valence-corrected chi connectivity index (χ4v) is 4.11. The molecule has 2 aromatic carbocycles. The van der Waals surface area contributed by atoms with Crippen LogP contribution in [0.1, 0.15) is 61.0 Å². The van der Waals surface area contributed by atoms with Gasteiger partial charge in [0.1, 0.15) is 0 Å². The molecule has 1 aliphatic rings. The van der Waals surface area contributed by atoms with Gasteiger partial charge >= 0.3 is 0 Å². The number of carbonyl (C=O) groups excluding carboxylic acids is 2. The fourth-order valence-electron chi connectivity index (χ4n) is 4.11. The maximum absolute atomic E-state index is 13.1. The molecule has 0 radical (unpaired) electrons. The number of benzene rings is 2. The minimum absolute atomic E-state index is 0.0187. The van der Waals surface area contributed by atoms with Crippen LogP contribution in [-0.2, 0) is 0 Å². The van der Waals surface area contributed by atoms with Gasteiger partial charge in [0.15, 0.2) is 0 Å². The van der Waals surface area contributed by atoms with Gasteiger partial charge in [0.25, 0.3) is 11.8 Å². The van der Waals surface area contributed by atoms with Crippen LogP contribution in [0.25, 0.3) is 0 Å². The Labute approximate surface area is 174 Å². The number of amides is 2. The summed E-state index contributed by atoms with van der Waals surface area (Å²) in [5.41, 5.74) is 8.49. The quantitative estimate of drug-likeness (QED) is 0.754. The maximum Gasteiger partial charge on any atom is 0.254 e. The number of hydrogen-bond donors (Lipinski definition) is 0. The third-order valence-corrected chi connectivity index (χ3v) is 6.52. The third kappa shape index (κ3) is 4.07. The van der Waals surface area contributed by atoms with Crippen LogP contribution >= 0.6 is 0 Å². The molecule has 1 heterocycles. The number of piperazine rings is 1. The predicted octanol–water partition coefficient (Wildman–Crippen LogP) is 4.52. The Morgan fingerprint density at radius 2 is 1.14 bits per heavy atom. The second-order valence-electron chi connectivity index (χ2n) is 8.57. The van der Waals surface area contributed by atoms with Crippen molar-refractivity contribution < 1.29 is 9.59 Å². The van der Waals surface area contributed by atoms with Gasteiger partial charge in [0, 0.05) is 36.8 Å². The molecule has 29 heavy (non-hydrogen) atoms. The molecule has 1 unspecified atom stereocenters. The molecular formula is C25H32N2O2. The van der Waals surface area contributed by atoms with Crippen LogP contribution in [0.3, 0.4) is 0 Å². The molecule has 1 fully saturated rings. The van der Waals surface area contributed by atoms with Crippen molar-refractivity contribution in [3.63, 3.8) is 0 Å². The van der Waals surface area contributed by atoms with E-state index in [1.807, 2.05) is 68.7 Å². The summed E-state index contributed by atoms with van der Waals surface area (Å²) in [6.45, 7) is 16.0. The van der Waals surface area contributed by atoms with Crippen molar-refractivity contribution in [2.45, 2.75) is 54.5 Å². The largest absolute Gasteiger partial charge is 0.335 e. The topological polar surface area (TPSA) is 40.6 Å². The molecule has 4 heteroatoms. The van der Waals surface area contributed by atoms with Crippen LogP contribution in [0.15, 0.2) is 24.3 Å². The highest BCUT2D eigenvalue weighted by molar-refractivity contribution is 5.96. The fraction of sp³-hybridized carbons (Fsp3) is 0.440. The van der Waals surface area contributed by atoms with Crippen molar-refractivity contribution in [1.29, 1.82) is 0 Å². The normalized spacial score (nSPS) is 16.9. The van der Waals surface area contributed by atoms with Crippen molar-refractivity contribution in [2.75, 3.05) is 19.6 Å². The predicted molar refractivity (Wildman–Crippen MR) is 118 cm³/mol. The first-order valence-corrected chi connectivity index (χ1v) is 10.4. The van der Waals surface area contributed by atoms with Gasteiger partial charge in [-0.2, -0.15) is 0 Å². The van der Waals surface area contributed by atoms with E-state index in [1.54, 1.807) is 0 Å². The lowest BCUT2D eigenvalue weighted by molar-refractivity contribution is 0.0414. The molecule has 0 N–H and O–H groups in total. The van der Waals surface area contributed by atoms with Gasteiger partial charge in [-0.15, -0.1) is 0 Å². The van der Waals surface area contributed by atoms with E-state index < -0.39 is 0 Å². The summed E-state index contributed by atoms with van der Waals surface area (Å²) < 4.78 is 0. The van der Waals surface area contributed by atoms with Crippen LogP contribution in [0.5, 0.6) is 0 Å². The Balaban J connectivity index is 1.75. The molecule has 1 atom stereocenters. The van der Waals surface area contributed by atoms with E-state index in [0.29, 0.717) is 19.6 Å². The molecule has 1 saturated heterocycles. The van der Waals surface area contributed by atoms with E-state index in [9.17, 15) is 9.59 Å². The van der Waals surface area contributed by atoms with E-state index >= 15 is 0 Å². The molecule has 1 aliphatic heterocycles. The second kappa shape index (κ2) is 8.02. The molecule has 2 amide bonds. The number of carbonyl (C=O) groups is 2. The summed E-state index contributed by atoms with van der Waals surface area (Å²) in [6.07, 6.45) is 0. The lowest BCUT2D eigenvalue weighted by Crippen LogP contribution is -2.55. The summed E-state index contributed by atoms with van der Waals surface area (Å²) in [5, 5.41) is 0. The number of rotatable bonds is 2. The van der Waals surface area contributed by atoms with Crippen LogP contribution < -0.4 is 0 Å². The molecule has 0 bridgehead atoms. The van der Waals surface area contributed by atoms with Crippen LogP contribution in [-0.4, -0.2) is 47.3 Å². The highest BCUT2D eigenvalue weighted by atomic mass is 16.2. The highest BCUT2D eigenvalue weighted by Gasteiger charge is 2.31. The van der Waals surface area contributed by atoms with E-state index in [0.717, 1.165) is 33.4 Å². The van der Waals surface area contributed by atoms with Crippen LogP contribution in [0, 0.1) is 41.5 Å². The Hall–Kier alpha value is -2.62. The van der Waals surface area contributed by atoms with E-state index in [1.165, 1.54) is 11.1 Å². The first-order valence-electron chi connectivity index (χ1n) is 10.4. The Morgan fingerprint density at radius 1 is 0.724 bits per heavy atom. The zero-order chi connectivity index (χ0) is 21.5. The third-order valence-electron chi connectivity index (χ3n) is 6.52. The van der Waals surface area contributed by atoms with E-state index in [4.69, 9.17) is 0 Å². The van der Waals surface area contributed by atoms with Gasteiger partial charge in [0.2, 0.25) is 0 Å². The van der Waals surface area contributed by atoms with Gasteiger partial charge in [-0.1, -0.05) is 0 Å². The summed E-state index contributed by atoms with van der Waals surface area (Å²) in [7, 11) is 0. The van der Waals surface area contributed by atoms with Crippen LogP contribution in [0.2, 0.25) is 0 Å². The Bertz CT molecular complexity index is 931. The lowest BCUT2D eigenvalue weighted by atomic mass is 9.98. The first-order chi connectivity index (χ1) is 13.6. The SMILES string of the molecule is Cc1cc(C(=O)N2CCN(C(=O)c3cc(C)c(C)c(C)c3)C(C)C2)cc(C)c1C. The van der Waals surface area contributed by atoms with Crippen molar-refractivity contribution >= 4 is 11.8 Å². The van der Waals surface area contributed by atoms with E-state index in [2.05, 4.69) is 13.8 Å². The van der Waals surface area contributed by atoms with Crippen LogP contribution in [0.4, 0.5) is 0 Å². The highest BCUT2D eigenvalue weighted by Crippen LogP contribution is 2.22. The summed E-state index contributed by atoms with van der Waals surface area (Å²) in [4.78, 5) is 30.0. The van der Waals surface area contributed by atoms with Gasteiger partial charge in [-0.25, -0.2) is 0 Å². The van der Waals surface area contributed by atoms with Gasteiger partial charge < -0.3 is 9.80 Å². The first kappa shape index (κ1) is 21.1. The number of aryl methyl sites for hydroxylation is 4. The van der Waals surface area contributed by atoms with Crippen molar-refractivity contribution in [3.05, 3.63) is 68.8 Å². The maximum atomic E-state index is 13.1. The number of hydrogen-bond acceptors (Lipinski definition) is 2. The lowest BCUT2D eigenvalue weighted by Gasteiger charge is -2.40. The molecule has 0 aromatic heterocycles. The second-order valence-corrected chi connectivity index (χ2v) is 8.57. The molecular weight excluding hydrogens is 360 g/mol. The summed E-state index contributed by atoms with van der Waals surface area (Å²) >= 11 is 0. The van der Waals surface area contributed by atoms with Crippen molar-refractivity contribution in [3.8, 4) is 0 Å². The molecule has 0 saturated carbocycles. The van der Waals surface area contributed by atoms with E-state index in [-0.39, 0.29) is 17.9 Å². The van der Waals surface area contributed by atoms with Gasteiger partial charge in [-0.3, -0.25) is 9.59 Å². The standard InChI is InChI=1S/C25H32N2O2/c1-15-10-22(11-16(2)20(15)6)24(28)26-8-9-27(19(5)14-26)25(29)23-12-17(3)21(7)18(4)13-23/h10-13,19H,8-9,14H2,1-7H3. The Kier molecular flexibility index (Phi) is 5.83. The molecule has 3 rings (SSSR count). The smallest absolute Gasteiger partial charge is 0.254 e. The summed E-state index contributed by atoms with van der Waals surface area (Å²) in [5.74, 6) is 0.106. The van der Waals surface area contributed by atoms with Crippen molar-refractivity contribution in [2.24, 2.45) is 0 Å². The number of nitrogens with zero attached hydrogens (tertiary/aromatic N) is 2. The average Bonchev–Trinajstić information content (AvgIpc) is 2.68. The average molecular weight is 393 g/mol. The Morgan fingerprint density at radius 3 is 1.55 bits per heavy atom. The zero-order valence-electron chi connectivity index (χ0n) is 18.7. The molecule has 154 valence electrons. The molecule has 0 spiro atoms. The molecule has 4 nitrogen and oxygen atoms in total.